The number of nitrogens with one attached hydrogen (secondary N) is 3. The van der Waals surface area contributed by atoms with Crippen LogP contribution in [-0.4, -0.2) is 44.6 Å². The molecule has 3 N–H and O–H groups in total. The van der Waals surface area contributed by atoms with Gasteiger partial charge in [0.2, 0.25) is 5.91 Å². The Morgan fingerprint density at radius 2 is 2.08 bits per heavy atom. The number of carbonyl (C=O) groups excluding carboxylic acids is 1. The number of H-pyrrole nitrogens is 1. The molecule has 136 valence electrons. The smallest absolute Gasteiger partial charge is 0.359 e. The van der Waals surface area contributed by atoms with Gasteiger partial charge in [0, 0.05) is 29.5 Å². The number of hydrogen-bond acceptors (Lipinski definition) is 5. The van der Waals surface area contributed by atoms with Crippen LogP contribution in [-0.2, 0) is 4.79 Å². The van der Waals surface area contributed by atoms with Crippen molar-refractivity contribution in [2.45, 2.75) is 19.1 Å². The van der Waals surface area contributed by atoms with Gasteiger partial charge in [-0.1, -0.05) is 0 Å². The zero-order chi connectivity index (χ0) is 18.7. The highest BCUT2D eigenvalue weighted by Gasteiger charge is 2.28. The minimum atomic E-state index is -4.46. The first kappa shape index (κ1) is 17.6. The molecule has 26 heavy (non-hydrogen) atoms. The van der Waals surface area contributed by atoms with E-state index in [0.717, 1.165) is 10.9 Å². The number of aromatic amines is 1. The average Bonchev–Trinajstić information content (AvgIpc) is 3.03. The molecule has 3 aromatic heterocycles. The molecule has 0 aliphatic heterocycles. The molecule has 3 heterocycles. The van der Waals surface area contributed by atoms with Crippen molar-refractivity contribution in [1.82, 2.24) is 25.3 Å². The summed E-state index contributed by atoms with van der Waals surface area (Å²) in [4.78, 5) is 27.5. The van der Waals surface area contributed by atoms with Gasteiger partial charge in [0.15, 0.2) is 5.82 Å². The molecular formula is C16H15F3N6O. The number of rotatable bonds is 5. The number of pyridine rings is 1. The van der Waals surface area contributed by atoms with E-state index in [9.17, 15) is 18.0 Å². The monoisotopic (exact) mass is 364 g/mol. The summed E-state index contributed by atoms with van der Waals surface area (Å²) in [7, 11) is 0. The third-order valence-electron chi connectivity index (χ3n) is 3.57. The summed E-state index contributed by atoms with van der Waals surface area (Å²) in [5.74, 6) is -0.0566. The number of carbonyl (C=O) groups is 1. The summed E-state index contributed by atoms with van der Waals surface area (Å²) in [6.07, 6.45) is 0.417. The number of nitrogens with zero attached hydrogens (tertiary/aromatic N) is 3. The van der Waals surface area contributed by atoms with Crippen LogP contribution in [0.25, 0.3) is 22.4 Å². The molecule has 10 heteroatoms. The molecule has 3 aromatic rings. The Balaban J connectivity index is 1.74. The predicted octanol–water partition coefficient (Wildman–Crippen LogP) is 2.50. The minimum absolute atomic E-state index is 0.322. The number of fused-ring (bicyclic) bond motifs is 1. The van der Waals surface area contributed by atoms with Gasteiger partial charge >= 0.3 is 6.18 Å². The molecule has 0 aliphatic rings. The maximum absolute atomic E-state index is 12.2. The highest BCUT2D eigenvalue weighted by Crippen LogP contribution is 2.25. The topological polar surface area (TPSA) is 95.6 Å². The molecule has 0 aromatic carbocycles. The van der Waals surface area contributed by atoms with Crippen molar-refractivity contribution in [1.29, 1.82) is 0 Å². The molecule has 7 nitrogen and oxygen atoms in total. The molecule has 0 aliphatic carbocycles. The zero-order valence-electron chi connectivity index (χ0n) is 13.6. The van der Waals surface area contributed by atoms with E-state index in [-0.39, 0.29) is 0 Å². The lowest BCUT2D eigenvalue weighted by Gasteiger charge is -2.15. The van der Waals surface area contributed by atoms with Gasteiger partial charge in [0.05, 0.1) is 0 Å². The number of hydrogen-bond donors (Lipinski definition) is 3. The van der Waals surface area contributed by atoms with Gasteiger partial charge in [-0.3, -0.25) is 4.79 Å². The third-order valence-corrected chi connectivity index (χ3v) is 3.57. The van der Waals surface area contributed by atoms with Crippen LogP contribution >= 0.6 is 0 Å². The molecule has 1 atom stereocenters. The quantitative estimate of drug-likeness (QED) is 0.647. The highest BCUT2D eigenvalue weighted by molar-refractivity contribution is 5.91. The van der Waals surface area contributed by atoms with Gasteiger partial charge in [0.25, 0.3) is 0 Å². The average molecular weight is 364 g/mol. The van der Waals surface area contributed by atoms with E-state index in [4.69, 9.17) is 0 Å². The number of anilines is 1. The van der Waals surface area contributed by atoms with Crippen LogP contribution in [0.4, 0.5) is 19.0 Å². The van der Waals surface area contributed by atoms with Crippen LogP contribution in [0, 0.1) is 0 Å². The fraction of sp³-hybridized carbons (Fsp3) is 0.250. The van der Waals surface area contributed by atoms with Gasteiger partial charge in [-0.05, 0) is 25.1 Å². The normalized spacial score (nSPS) is 12.8. The molecule has 0 saturated carbocycles. The second kappa shape index (κ2) is 6.98. The Hall–Kier alpha value is -3.17. The van der Waals surface area contributed by atoms with Crippen LogP contribution in [0.1, 0.15) is 6.92 Å². The van der Waals surface area contributed by atoms with Crippen LogP contribution in [0.3, 0.4) is 0 Å². The fourth-order valence-electron chi connectivity index (χ4n) is 2.34. The van der Waals surface area contributed by atoms with Crippen LogP contribution in [0.5, 0.6) is 0 Å². The standard InChI is InChI=1S/C16H15F3N6O/c1-9(15(26)23-8-16(17,18)19)24-12-4-6-21-14(25-12)11-7-22-13-10(11)3-2-5-20-13/h2-7,9H,8H2,1H3,(H,20,22)(H,23,26)(H,21,24,25)/t9-/m0/s1. The lowest BCUT2D eigenvalue weighted by Crippen LogP contribution is -2.42. The summed E-state index contributed by atoms with van der Waals surface area (Å²) in [5, 5.41) is 5.43. The van der Waals surface area contributed by atoms with Crippen molar-refractivity contribution < 1.29 is 18.0 Å². The Labute approximate surface area is 146 Å². The molecule has 0 spiro atoms. The van der Waals surface area contributed by atoms with E-state index in [2.05, 4.69) is 25.3 Å². The molecule has 1 amide bonds. The van der Waals surface area contributed by atoms with Gasteiger partial charge in [-0.2, -0.15) is 13.2 Å². The Morgan fingerprint density at radius 1 is 1.27 bits per heavy atom. The van der Waals surface area contributed by atoms with E-state index in [0.29, 0.717) is 17.3 Å². The molecule has 3 rings (SSSR count). The van der Waals surface area contributed by atoms with E-state index in [1.165, 1.54) is 19.2 Å². The van der Waals surface area contributed by atoms with Crippen molar-refractivity contribution in [3.8, 4) is 11.4 Å². The van der Waals surface area contributed by atoms with Gasteiger partial charge in [-0.15, -0.1) is 0 Å². The van der Waals surface area contributed by atoms with Gasteiger partial charge < -0.3 is 15.6 Å². The fourth-order valence-corrected chi connectivity index (χ4v) is 2.34. The van der Waals surface area contributed by atoms with Gasteiger partial charge in [-0.25, -0.2) is 15.0 Å². The van der Waals surface area contributed by atoms with E-state index >= 15 is 0 Å². The molecule has 0 bridgehead atoms. The minimum Gasteiger partial charge on any atom is -0.359 e. The number of halogens is 3. The predicted molar refractivity (Wildman–Crippen MR) is 89.3 cm³/mol. The molecule has 0 fully saturated rings. The molecular weight excluding hydrogens is 349 g/mol. The van der Waals surface area contributed by atoms with Crippen LogP contribution < -0.4 is 10.6 Å². The Morgan fingerprint density at radius 3 is 2.85 bits per heavy atom. The first-order valence-electron chi connectivity index (χ1n) is 7.70. The summed E-state index contributed by atoms with van der Waals surface area (Å²) >= 11 is 0. The number of alkyl halides is 3. The third kappa shape index (κ3) is 4.08. The first-order valence-corrected chi connectivity index (χ1v) is 7.70. The molecule has 0 radical (unpaired) electrons. The van der Waals surface area contributed by atoms with E-state index in [1.807, 2.05) is 11.4 Å². The summed E-state index contributed by atoms with van der Waals surface area (Å²) in [5.41, 5.74) is 1.41. The van der Waals surface area contributed by atoms with Crippen LogP contribution in [0.2, 0.25) is 0 Å². The lowest BCUT2D eigenvalue weighted by atomic mass is 10.2. The SMILES string of the molecule is C[C@H](Nc1ccnc(-c2c[nH]c3ncccc23)n1)C(=O)NCC(F)(F)F. The Bertz CT molecular complexity index is 923. The first-order chi connectivity index (χ1) is 12.3. The molecule has 0 saturated heterocycles. The lowest BCUT2D eigenvalue weighted by molar-refractivity contribution is -0.138. The zero-order valence-corrected chi connectivity index (χ0v) is 13.6. The van der Waals surface area contributed by atoms with Crippen molar-refractivity contribution >= 4 is 22.8 Å². The van der Waals surface area contributed by atoms with E-state index in [1.54, 1.807) is 18.5 Å². The second-order valence-corrected chi connectivity index (χ2v) is 5.57. The van der Waals surface area contributed by atoms with Crippen molar-refractivity contribution in [3.63, 3.8) is 0 Å². The maximum Gasteiger partial charge on any atom is 0.405 e. The van der Waals surface area contributed by atoms with Gasteiger partial charge in [0.1, 0.15) is 24.1 Å². The summed E-state index contributed by atoms with van der Waals surface area (Å²) in [6.45, 7) is 0.0678. The summed E-state index contributed by atoms with van der Waals surface area (Å²) < 4.78 is 36.5. The van der Waals surface area contributed by atoms with Crippen molar-refractivity contribution in [2.24, 2.45) is 0 Å². The second-order valence-electron chi connectivity index (χ2n) is 5.57. The highest BCUT2D eigenvalue weighted by atomic mass is 19.4. The number of aromatic nitrogens is 4. The number of amides is 1. The maximum atomic E-state index is 12.2. The van der Waals surface area contributed by atoms with E-state index < -0.39 is 24.7 Å². The largest absolute Gasteiger partial charge is 0.405 e. The Kier molecular flexibility index (Phi) is 4.74. The van der Waals surface area contributed by atoms with Crippen molar-refractivity contribution in [2.75, 3.05) is 11.9 Å². The molecule has 0 unspecified atom stereocenters. The van der Waals surface area contributed by atoms with Crippen LogP contribution in [0.15, 0.2) is 36.8 Å². The summed E-state index contributed by atoms with van der Waals surface area (Å²) in [6, 6.07) is 4.29. The van der Waals surface area contributed by atoms with Crippen molar-refractivity contribution in [3.05, 3.63) is 36.8 Å².